The molecule has 8 heteroatoms. The normalized spacial score (nSPS) is 25.2. The highest BCUT2D eigenvalue weighted by Gasteiger charge is 2.51. The number of carbonyl (C=O) groups is 1. The summed E-state index contributed by atoms with van der Waals surface area (Å²) in [5.74, 6) is -1.09. The molecule has 0 radical (unpaired) electrons. The van der Waals surface area contributed by atoms with Gasteiger partial charge in [-0.3, -0.25) is 4.79 Å². The fourth-order valence-electron chi connectivity index (χ4n) is 1.66. The Morgan fingerprint density at radius 2 is 2.44 bits per heavy atom. The number of guanidine groups is 1. The summed E-state index contributed by atoms with van der Waals surface area (Å²) in [6.07, 6.45) is 2.64. The second kappa shape index (κ2) is 4.37. The third kappa shape index (κ3) is 1.79. The van der Waals surface area contributed by atoms with Gasteiger partial charge in [0.15, 0.2) is 18.4 Å². The lowest BCUT2D eigenvalue weighted by Crippen LogP contribution is -2.60. The summed E-state index contributed by atoms with van der Waals surface area (Å²) < 4.78 is -0.446. The molecule has 0 saturated carbocycles. The van der Waals surface area contributed by atoms with E-state index in [-0.39, 0.29) is 13.2 Å². The van der Waals surface area contributed by atoms with Crippen molar-refractivity contribution in [3.8, 4) is 0 Å². The van der Waals surface area contributed by atoms with E-state index in [1.54, 1.807) is 0 Å². The van der Waals surface area contributed by atoms with E-state index in [0.29, 0.717) is 0 Å². The van der Waals surface area contributed by atoms with Crippen LogP contribution in [0.25, 0.3) is 0 Å². The molecule has 1 aliphatic rings. The number of hydrogen-bond acceptors (Lipinski definition) is 5. The van der Waals surface area contributed by atoms with Gasteiger partial charge in [0, 0.05) is 9.92 Å². The second-order valence-electron chi connectivity index (χ2n) is 3.44. The Morgan fingerprint density at radius 3 is 2.88 bits per heavy atom. The van der Waals surface area contributed by atoms with Gasteiger partial charge in [-0.2, -0.15) is 4.48 Å². The zero-order valence-electron chi connectivity index (χ0n) is 8.74. The summed E-state index contributed by atoms with van der Waals surface area (Å²) in [6, 6.07) is -0.852. The van der Waals surface area contributed by atoms with Gasteiger partial charge in [-0.05, 0) is 6.92 Å². The Hall–Kier alpha value is -1.80. The van der Waals surface area contributed by atoms with Crippen LogP contribution in [0.5, 0.6) is 0 Å². The number of amides is 1. The van der Waals surface area contributed by atoms with Crippen molar-refractivity contribution in [1.82, 2.24) is 0 Å². The summed E-state index contributed by atoms with van der Waals surface area (Å²) in [6.45, 7) is 1.14. The maximum Gasteiger partial charge on any atom is 0.544 e. The Labute approximate surface area is 91.4 Å². The minimum Gasteiger partial charge on any atom is -0.390 e. The van der Waals surface area contributed by atoms with Crippen LogP contribution >= 0.6 is 0 Å². The number of nitro groups is 1. The van der Waals surface area contributed by atoms with Gasteiger partial charge in [-0.25, -0.2) is 0 Å². The molecule has 0 aliphatic carbocycles. The molecule has 0 aromatic heterocycles. The van der Waals surface area contributed by atoms with E-state index in [1.807, 2.05) is 0 Å². The van der Waals surface area contributed by atoms with Crippen molar-refractivity contribution in [1.29, 1.82) is 0 Å². The molecule has 1 rings (SSSR count). The minimum absolute atomic E-state index is 0.0135. The van der Waals surface area contributed by atoms with Crippen LogP contribution in [-0.2, 0) is 4.79 Å². The van der Waals surface area contributed by atoms with Gasteiger partial charge >= 0.3 is 5.96 Å². The summed E-state index contributed by atoms with van der Waals surface area (Å²) in [7, 11) is 0. The summed E-state index contributed by atoms with van der Waals surface area (Å²) in [4.78, 5) is 24.9. The number of aliphatic hydroxyl groups is 1. The van der Waals surface area contributed by atoms with Gasteiger partial charge in [0.25, 0.3) is 5.91 Å². The van der Waals surface area contributed by atoms with Crippen molar-refractivity contribution in [2.75, 3.05) is 13.2 Å². The molecule has 1 amide bonds. The molecule has 0 aromatic rings. The number of aliphatic hydroxyl groups excluding tert-OH is 1. The molecule has 16 heavy (non-hydrogen) atoms. The first kappa shape index (κ1) is 12.3. The molecule has 0 saturated heterocycles. The highest BCUT2D eigenvalue weighted by molar-refractivity contribution is 5.81. The number of nitrogens with zero attached hydrogens (tertiary/aromatic N) is 3. The van der Waals surface area contributed by atoms with Gasteiger partial charge in [-0.15, -0.1) is 0 Å². The number of hydrogen-bond donors (Lipinski definition) is 2. The molecule has 88 valence electrons. The van der Waals surface area contributed by atoms with Crippen LogP contribution in [0.15, 0.2) is 17.4 Å². The van der Waals surface area contributed by atoms with Crippen LogP contribution < -0.4 is 5.73 Å². The molecular weight excluding hydrogens is 216 g/mol. The van der Waals surface area contributed by atoms with Crippen molar-refractivity contribution in [2.45, 2.75) is 13.0 Å². The predicted molar refractivity (Wildman–Crippen MR) is 54.4 cm³/mol. The Bertz CT molecular complexity index is 378. The quantitative estimate of drug-likeness (QED) is 0.357. The summed E-state index contributed by atoms with van der Waals surface area (Å²) >= 11 is 0. The lowest BCUT2D eigenvalue weighted by Gasteiger charge is -2.30. The number of carbonyl (C=O) groups excluding carboxylic acids is 1. The van der Waals surface area contributed by atoms with E-state index in [9.17, 15) is 14.9 Å². The SMILES string of the molecule is CC(C(N)=O)[N+]1(CCO)C=CN=C1[N+](=O)[O-]. The van der Waals surface area contributed by atoms with Crippen LogP contribution in [0.4, 0.5) is 0 Å². The number of rotatable bonds is 4. The molecule has 2 atom stereocenters. The topological polar surface area (TPSA) is 119 Å². The number of primary amides is 1. The van der Waals surface area contributed by atoms with E-state index in [1.165, 1.54) is 19.3 Å². The zero-order valence-corrected chi connectivity index (χ0v) is 8.74. The number of nitrogens with two attached hydrogens (primary N) is 1. The molecule has 0 spiro atoms. The van der Waals surface area contributed by atoms with Crippen molar-refractivity contribution >= 4 is 11.9 Å². The maximum absolute atomic E-state index is 11.1. The monoisotopic (exact) mass is 229 g/mol. The van der Waals surface area contributed by atoms with Crippen molar-refractivity contribution in [3.63, 3.8) is 0 Å². The standard InChI is InChI=1S/C8H12N4O4/c1-6(7(9)14)12(4-5-13)3-2-10-8(12)11(15)16/h2-3,6,13H,4-5H2,1H3,(H-,9,14)/p+1. The van der Waals surface area contributed by atoms with Crippen molar-refractivity contribution in [3.05, 3.63) is 22.5 Å². The van der Waals surface area contributed by atoms with Gasteiger partial charge in [0.2, 0.25) is 0 Å². The molecule has 0 bridgehead atoms. The third-order valence-electron chi connectivity index (χ3n) is 2.63. The van der Waals surface area contributed by atoms with E-state index < -0.39 is 27.3 Å². The van der Waals surface area contributed by atoms with Gasteiger partial charge in [-0.1, -0.05) is 0 Å². The summed E-state index contributed by atoms with van der Waals surface area (Å²) in [5.41, 5.74) is 5.15. The lowest BCUT2D eigenvalue weighted by molar-refractivity contribution is -0.836. The first-order chi connectivity index (χ1) is 7.45. The molecular formula is C8H13N4O4+. The molecule has 2 unspecified atom stereocenters. The smallest absolute Gasteiger partial charge is 0.390 e. The van der Waals surface area contributed by atoms with E-state index >= 15 is 0 Å². The highest BCUT2D eigenvalue weighted by atomic mass is 16.6. The van der Waals surface area contributed by atoms with Gasteiger partial charge in [0.05, 0.1) is 6.61 Å². The summed E-state index contributed by atoms with van der Waals surface area (Å²) in [5, 5.41) is 19.7. The van der Waals surface area contributed by atoms with E-state index in [0.717, 1.165) is 0 Å². The highest BCUT2D eigenvalue weighted by Crippen LogP contribution is 2.22. The minimum atomic E-state index is -0.852. The molecule has 3 N–H and O–H groups in total. The molecule has 1 heterocycles. The maximum atomic E-state index is 11.1. The molecule has 0 aromatic carbocycles. The molecule has 1 aliphatic heterocycles. The van der Waals surface area contributed by atoms with Gasteiger partial charge in [0.1, 0.15) is 6.54 Å². The van der Waals surface area contributed by atoms with Crippen molar-refractivity contribution in [2.24, 2.45) is 10.7 Å². The second-order valence-corrected chi connectivity index (χ2v) is 3.44. The first-order valence-corrected chi connectivity index (χ1v) is 4.64. The van der Waals surface area contributed by atoms with E-state index in [2.05, 4.69) is 4.99 Å². The Morgan fingerprint density at radius 1 is 1.81 bits per heavy atom. The molecule has 8 nitrogen and oxygen atoms in total. The Balaban J connectivity index is 3.16. The first-order valence-electron chi connectivity index (χ1n) is 4.64. The van der Waals surface area contributed by atoms with Gasteiger partial charge < -0.3 is 21.0 Å². The fraction of sp³-hybridized carbons (Fsp3) is 0.500. The largest absolute Gasteiger partial charge is 0.544 e. The zero-order chi connectivity index (χ0) is 12.3. The Kier molecular flexibility index (Phi) is 3.35. The van der Waals surface area contributed by atoms with Crippen LogP contribution in [-0.4, -0.2) is 45.6 Å². The van der Waals surface area contributed by atoms with Crippen LogP contribution in [0.1, 0.15) is 6.92 Å². The average molecular weight is 229 g/mol. The lowest BCUT2D eigenvalue weighted by atomic mass is 10.2. The average Bonchev–Trinajstić information content (AvgIpc) is 2.62. The van der Waals surface area contributed by atoms with E-state index in [4.69, 9.17) is 10.8 Å². The van der Waals surface area contributed by atoms with Crippen LogP contribution in [0.2, 0.25) is 0 Å². The third-order valence-corrected chi connectivity index (χ3v) is 2.63. The van der Waals surface area contributed by atoms with Crippen LogP contribution in [0.3, 0.4) is 0 Å². The predicted octanol–water partition coefficient (Wildman–Crippen LogP) is -1.21. The molecule has 0 fully saturated rings. The number of aliphatic imine (C=N–C) groups is 1. The van der Waals surface area contributed by atoms with Crippen LogP contribution in [0, 0.1) is 10.1 Å². The van der Waals surface area contributed by atoms with Crippen molar-refractivity contribution < 1.29 is 19.3 Å². The fourth-order valence-corrected chi connectivity index (χ4v) is 1.66. The number of quaternary nitrogens is 1.